The summed E-state index contributed by atoms with van der Waals surface area (Å²) in [5, 5.41) is 6.31. The van der Waals surface area contributed by atoms with Crippen LogP contribution in [0, 0.1) is 6.92 Å². The Bertz CT molecular complexity index is 1030. The van der Waals surface area contributed by atoms with Gasteiger partial charge in [-0.3, -0.25) is 14.0 Å². The predicted octanol–water partition coefficient (Wildman–Crippen LogP) is 4.08. The Morgan fingerprint density at radius 1 is 1.11 bits per heavy atom. The molecule has 0 unspecified atom stereocenters. The van der Waals surface area contributed by atoms with E-state index >= 15 is 0 Å². The molecule has 3 aromatic rings. The number of pyridine rings is 1. The fourth-order valence-electron chi connectivity index (χ4n) is 2.71. The lowest BCUT2D eigenvalue weighted by Gasteiger charge is -2.19. The predicted molar refractivity (Wildman–Crippen MR) is 107 cm³/mol. The molecular formula is C20H21ClN4O2. The third-order valence-corrected chi connectivity index (χ3v) is 4.13. The van der Waals surface area contributed by atoms with E-state index < -0.39 is 11.4 Å². The van der Waals surface area contributed by atoms with Gasteiger partial charge in [-0.2, -0.15) is 0 Å². The van der Waals surface area contributed by atoms with Gasteiger partial charge in [0.2, 0.25) is 5.82 Å². The number of imidazole rings is 1. The van der Waals surface area contributed by atoms with Gasteiger partial charge in [-0.25, -0.2) is 4.98 Å². The molecule has 2 aromatic heterocycles. The van der Waals surface area contributed by atoms with Crippen LogP contribution in [0.1, 0.15) is 47.4 Å². The summed E-state index contributed by atoms with van der Waals surface area (Å²) in [6.07, 6.45) is 1.71. The van der Waals surface area contributed by atoms with E-state index in [-0.39, 0.29) is 17.4 Å². The molecule has 2 amide bonds. The third-order valence-electron chi connectivity index (χ3n) is 3.89. The first-order chi connectivity index (χ1) is 12.7. The van der Waals surface area contributed by atoms with Crippen LogP contribution in [-0.2, 0) is 0 Å². The highest BCUT2D eigenvalue weighted by atomic mass is 35.5. The molecule has 140 valence electrons. The lowest BCUT2D eigenvalue weighted by atomic mass is 10.1. The number of nitrogens with zero attached hydrogens (tertiary/aromatic N) is 2. The first-order valence-corrected chi connectivity index (χ1v) is 8.90. The Hall–Kier alpha value is -2.86. The molecule has 0 radical (unpaired) electrons. The molecule has 0 aliphatic heterocycles. The first-order valence-electron chi connectivity index (χ1n) is 8.53. The summed E-state index contributed by atoms with van der Waals surface area (Å²) in [6, 6.07) is 10.5. The standard InChI is InChI=1S/C20H21ClN4O2/c1-12-11-13(21)8-9-14(12)22-19(27)17-23-16(18(26)24-20(2,3)4)15-7-5-6-10-25(15)17/h5-11H,1-4H3,(H,22,27)(H,24,26). The molecule has 0 spiro atoms. The average molecular weight is 385 g/mol. The minimum atomic E-state index is -0.412. The van der Waals surface area contributed by atoms with Crippen molar-refractivity contribution >= 4 is 34.6 Å². The van der Waals surface area contributed by atoms with Crippen molar-refractivity contribution in [2.24, 2.45) is 0 Å². The number of fused-ring (bicyclic) bond motifs is 1. The lowest BCUT2D eigenvalue weighted by Crippen LogP contribution is -2.40. The number of carbonyl (C=O) groups excluding carboxylic acids is 2. The molecular weight excluding hydrogens is 364 g/mol. The van der Waals surface area contributed by atoms with Crippen molar-refractivity contribution in [3.63, 3.8) is 0 Å². The maximum atomic E-state index is 12.8. The van der Waals surface area contributed by atoms with Gasteiger partial charge in [-0.05, 0) is 63.6 Å². The summed E-state index contributed by atoms with van der Waals surface area (Å²) in [6.45, 7) is 7.52. The van der Waals surface area contributed by atoms with E-state index in [9.17, 15) is 9.59 Å². The van der Waals surface area contributed by atoms with Crippen molar-refractivity contribution in [3.8, 4) is 0 Å². The Morgan fingerprint density at radius 3 is 2.52 bits per heavy atom. The zero-order valence-electron chi connectivity index (χ0n) is 15.6. The maximum absolute atomic E-state index is 12.8. The van der Waals surface area contributed by atoms with Crippen LogP contribution in [0.25, 0.3) is 5.52 Å². The topological polar surface area (TPSA) is 75.5 Å². The fraction of sp³-hybridized carbons (Fsp3) is 0.250. The van der Waals surface area contributed by atoms with Crippen molar-refractivity contribution in [2.45, 2.75) is 33.2 Å². The van der Waals surface area contributed by atoms with Gasteiger partial charge < -0.3 is 10.6 Å². The molecule has 0 aliphatic carbocycles. The highest BCUT2D eigenvalue weighted by molar-refractivity contribution is 6.30. The number of nitrogens with one attached hydrogen (secondary N) is 2. The van der Waals surface area contributed by atoms with Crippen molar-refractivity contribution in [3.05, 3.63) is 64.7 Å². The summed E-state index contributed by atoms with van der Waals surface area (Å²) in [5.41, 5.74) is 1.84. The molecule has 0 aliphatic rings. The minimum Gasteiger partial charge on any atom is -0.346 e. The van der Waals surface area contributed by atoms with Gasteiger partial charge in [0, 0.05) is 22.4 Å². The smallest absolute Gasteiger partial charge is 0.292 e. The van der Waals surface area contributed by atoms with E-state index in [2.05, 4.69) is 15.6 Å². The number of anilines is 1. The van der Waals surface area contributed by atoms with E-state index in [1.54, 1.807) is 47.0 Å². The van der Waals surface area contributed by atoms with Crippen LogP contribution in [-0.4, -0.2) is 26.7 Å². The van der Waals surface area contributed by atoms with Gasteiger partial charge in [0.25, 0.3) is 11.8 Å². The largest absolute Gasteiger partial charge is 0.346 e. The number of aromatic nitrogens is 2. The number of amides is 2. The van der Waals surface area contributed by atoms with Crippen molar-refractivity contribution in [1.29, 1.82) is 0 Å². The van der Waals surface area contributed by atoms with Crippen molar-refractivity contribution in [2.75, 3.05) is 5.32 Å². The molecule has 0 atom stereocenters. The van der Waals surface area contributed by atoms with Crippen LogP contribution < -0.4 is 10.6 Å². The third kappa shape index (κ3) is 4.11. The summed E-state index contributed by atoms with van der Waals surface area (Å²) in [7, 11) is 0. The van der Waals surface area contributed by atoms with Crippen molar-refractivity contribution in [1.82, 2.24) is 14.7 Å². The summed E-state index contributed by atoms with van der Waals surface area (Å²) in [5.74, 6) is -0.594. The summed E-state index contributed by atoms with van der Waals surface area (Å²) >= 11 is 5.97. The molecule has 2 heterocycles. The number of halogens is 1. The molecule has 27 heavy (non-hydrogen) atoms. The average Bonchev–Trinajstić information content (AvgIpc) is 2.96. The van der Waals surface area contributed by atoms with Crippen LogP contribution in [0.5, 0.6) is 0 Å². The second-order valence-corrected chi connectivity index (χ2v) is 7.79. The highest BCUT2D eigenvalue weighted by Gasteiger charge is 2.24. The monoisotopic (exact) mass is 384 g/mol. The minimum absolute atomic E-state index is 0.138. The van der Waals surface area contributed by atoms with E-state index in [4.69, 9.17) is 11.6 Å². The van der Waals surface area contributed by atoms with Gasteiger partial charge in [0.1, 0.15) is 0 Å². The van der Waals surface area contributed by atoms with Crippen molar-refractivity contribution < 1.29 is 9.59 Å². The highest BCUT2D eigenvalue weighted by Crippen LogP contribution is 2.21. The molecule has 0 bridgehead atoms. The Labute approximate surface area is 162 Å². The zero-order chi connectivity index (χ0) is 19.8. The first kappa shape index (κ1) is 18.9. The molecule has 3 rings (SSSR count). The van der Waals surface area contributed by atoms with Gasteiger partial charge >= 0.3 is 0 Å². The summed E-state index contributed by atoms with van der Waals surface area (Å²) < 4.78 is 1.61. The van der Waals surface area contributed by atoms with Crippen LogP contribution in [0.3, 0.4) is 0 Å². The quantitative estimate of drug-likeness (QED) is 0.714. The molecule has 7 heteroatoms. The Kier molecular flexibility index (Phi) is 4.93. The maximum Gasteiger partial charge on any atom is 0.292 e. The number of aryl methyl sites for hydroxylation is 1. The zero-order valence-corrected chi connectivity index (χ0v) is 16.4. The summed E-state index contributed by atoms with van der Waals surface area (Å²) in [4.78, 5) is 29.8. The van der Waals surface area contributed by atoms with Gasteiger partial charge in [0.15, 0.2) is 5.69 Å². The molecule has 1 aromatic carbocycles. The second kappa shape index (κ2) is 7.04. The van der Waals surface area contributed by atoms with Crippen LogP contribution in [0.4, 0.5) is 5.69 Å². The number of hydrogen-bond acceptors (Lipinski definition) is 3. The van der Waals surface area contributed by atoms with E-state index in [1.807, 2.05) is 27.7 Å². The van der Waals surface area contributed by atoms with Gasteiger partial charge in [0.05, 0.1) is 5.52 Å². The molecule has 0 saturated carbocycles. The SMILES string of the molecule is Cc1cc(Cl)ccc1NC(=O)c1nc(C(=O)NC(C)(C)C)c2ccccn12. The molecule has 6 nitrogen and oxygen atoms in total. The van der Waals surface area contributed by atoms with E-state index in [0.717, 1.165) is 5.56 Å². The normalized spacial score (nSPS) is 11.4. The fourth-order valence-corrected chi connectivity index (χ4v) is 2.94. The number of carbonyl (C=O) groups is 2. The Morgan fingerprint density at radius 2 is 1.85 bits per heavy atom. The van der Waals surface area contributed by atoms with E-state index in [1.165, 1.54) is 0 Å². The molecule has 0 fully saturated rings. The Balaban J connectivity index is 1.99. The molecule has 2 N–H and O–H groups in total. The van der Waals surface area contributed by atoms with Gasteiger partial charge in [-0.15, -0.1) is 0 Å². The number of hydrogen-bond donors (Lipinski definition) is 2. The van der Waals surface area contributed by atoms with Crippen LogP contribution in [0.2, 0.25) is 5.02 Å². The second-order valence-electron chi connectivity index (χ2n) is 7.36. The van der Waals surface area contributed by atoms with Crippen LogP contribution in [0.15, 0.2) is 42.6 Å². The van der Waals surface area contributed by atoms with E-state index in [0.29, 0.717) is 16.2 Å². The van der Waals surface area contributed by atoms with Gasteiger partial charge in [-0.1, -0.05) is 17.7 Å². The lowest BCUT2D eigenvalue weighted by molar-refractivity contribution is 0.0916. The number of rotatable bonds is 3. The number of benzene rings is 1. The molecule has 0 saturated heterocycles. The van der Waals surface area contributed by atoms with Crippen LogP contribution >= 0.6 is 11.6 Å².